The van der Waals surface area contributed by atoms with E-state index in [2.05, 4.69) is 30.2 Å². The normalized spacial score (nSPS) is 16.0. The van der Waals surface area contributed by atoms with Crippen molar-refractivity contribution in [3.8, 4) is 5.88 Å². The average Bonchev–Trinajstić information content (AvgIpc) is 3.17. The molecule has 0 saturated carbocycles. The Kier molecular flexibility index (Phi) is 6.64. The Hall–Kier alpha value is -2.61. The Bertz CT molecular complexity index is 706. The first-order valence-electron chi connectivity index (χ1n) is 9.33. The minimum atomic E-state index is 0.128. The van der Waals surface area contributed by atoms with E-state index in [0.29, 0.717) is 12.4 Å². The van der Waals surface area contributed by atoms with E-state index in [-0.39, 0.29) is 6.10 Å². The highest BCUT2D eigenvalue weighted by Crippen LogP contribution is 2.10. The fourth-order valence-electron chi connectivity index (χ4n) is 3.01. The molecule has 2 aromatic heterocycles. The molecule has 1 N–H and O–H groups in total. The maximum atomic E-state index is 5.58. The number of pyridine rings is 1. The Morgan fingerprint density at radius 2 is 2.07 bits per heavy atom. The molecule has 3 heterocycles. The minimum absolute atomic E-state index is 0.128. The van der Waals surface area contributed by atoms with Crippen LogP contribution < -0.4 is 10.1 Å². The van der Waals surface area contributed by atoms with Crippen LogP contribution >= 0.6 is 0 Å². The lowest BCUT2D eigenvalue weighted by Gasteiger charge is -2.36. The van der Waals surface area contributed by atoms with Gasteiger partial charge in [-0.2, -0.15) is 0 Å². The molecule has 1 fully saturated rings. The maximum Gasteiger partial charge on any atom is 0.213 e. The number of piperazine rings is 1. The molecule has 1 aliphatic heterocycles. The number of hydrogen-bond acceptors (Lipinski definition) is 6. The van der Waals surface area contributed by atoms with Crippen molar-refractivity contribution in [3.63, 3.8) is 0 Å². The van der Waals surface area contributed by atoms with E-state index in [9.17, 15) is 0 Å². The first-order chi connectivity index (χ1) is 13.1. The average molecular weight is 372 g/mol. The van der Waals surface area contributed by atoms with Crippen LogP contribution in [-0.2, 0) is 13.1 Å². The van der Waals surface area contributed by atoms with Crippen LogP contribution in [0.5, 0.6) is 5.88 Å². The van der Waals surface area contributed by atoms with Gasteiger partial charge in [-0.3, -0.25) is 9.89 Å². The highest BCUT2D eigenvalue weighted by atomic mass is 16.5. The van der Waals surface area contributed by atoms with E-state index in [0.717, 1.165) is 49.9 Å². The van der Waals surface area contributed by atoms with Gasteiger partial charge in [0.05, 0.1) is 11.8 Å². The quantitative estimate of drug-likeness (QED) is 0.611. The summed E-state index contributed by atoms with van der Waals surface area (Å²) in [7, 11) is 1.82. The molecule has 1 saturated heterocycles. The van der Waals surface area contributed by atoms with Gasteiger partial charge in [-0.15, -0.1) is 0 Å². The second-order valence-corrected chi connectivity index (χ2v) is 6.83. The van der Waals surface area contributed by atoms with Crippen LogP contribution in [0.1, 0.15) is 25.1 Å². The van der Waals surface area contributed by atoms with Crippen molar-refractivity contribution in [3.05, 3.63) is 41.9 Å². The van der Waals surface area contributed by atoms with E-state index >= 15 is 0 Å². The van der Waals surface area contributed by atoms with Crippen LogP contribution in [0.2, 0.25) is 0 Å². The molecule has 0 unspecified atom stereocenters. The van der Waals surface area contributed by atoms with E-state index in [1.54, 1.807) is 6.26 Å². The first-order valence-corrected chi connectivity index (χ1v) is 9.33. The van der Waals surface area contributed by atoms with E-state index < -0.39 is 0 Å². The summed E-state index contributed by atoms with van der Waals surface area (Å²) < 4.78 is 10.5. The maximum absolute atomic E-state index is 5.58. The minimum Gasteiger partial charge on any atom is -0.475 e. The summed E-state index contributed by atoms with van der Waals surface area (Å²) in [6.07, 6.45) is 3.59. The molecule has 3 rings (SSSR count). The molecule has 27 heavy (non-hydrogen) atoms. The predicted octanol–water partition coefficient (Wildman–Crippen LogP) is 1.75. The zero-order valence-electron chi connectivity index (χ0n) is 16.3. The van der Waals surface area contributed by atoms with Crippen molar-refractivity contribution < 1.29 is 9.26 Å². The van der Waals surface area contributed by atoms with Crippen molar-refractivity contribution in [1.82, 2.24) is 25.3 Å². The molecule has 0 radical (unpaired) electrons. The van der Waals surface area contributed by atoms with Crippen molar-refractivity contribution >= 4 is 5.96 Å². The second kappa shape index (κ2) is 9.36. The number of ether oxygens (including phenoxy) is 1. The molecule has 8 nitrogen and oxygen atoms in total. The van der Waals surface area contributed by atoms with Gasteiger partial charge >= 0.3 is 0 Å². The zero-order valence-corrected chi connectivity index (χ0v) is 16.3. The molecular weight excluding hydrogens is 344 g/mol. The molecule has 8 heteroatoms. The number of hydrogen-bond donors (Lipinski definition) is 1. The van der Waals surface area contributed by atoms with Crippen molar-refractivity contribution in [1.29, 1.82) is 0 Å². The molecule has 1 aliphatic rings. The lowest BCUT2D eigenvalue weighted by atomic mass is 10.2. The lowest BCUT2D eigenvalue weighted by molar-refractivity contribution is 0.169. The highest BCUT2D eigenvalue weighted by Gasteiger charge is 2.20. The largest absolute Gasteiger partial charge is 0.475 e. The third-order valence-electron chi connectivity index (χ3n) is 4.37. The lowest BCUT2D eigenvalue weighted by Crippen LogP contribution is -2.52. The fraction of sp³-hybridized carbons (Fsp3) is 0.526. The number of aliphatic imine (C=N–C) groups is 1. The molecule has 0 amide bonds. The van der Waals surface area contributed by atoms with E-state index in [1.807, 2.05) is 45.3 Å². The first kappa shape index (κ1) is 19.2. The SMILES string of the molecule is CN=C(NCc1ccc(OC(C)C)nc1)N1CCN(Cc2ccon2)CC1. The Balaban J connectivity index is 1.45. The summed E-state index contributed by atoms with van der Waals surface area (Å²) in [5.41, 5.74) is 2.07. The summed E-state index contributed by atoms with van der Waals surface area (Å²) in [5, 5.41) is 7.41. The highest BCUT2D eigenvalue weighted by molar-refractivity contribution is 5.80. The Morgan fingerprint density at radius 1 is 1.26 bits per heavy atom. The van der Waals surface area contributed by atoms with Gasteiger partial charge in [-0.25, -0.2) is 4.98 Å². The van der Waals surface area contributed by atoms with Gasteiger partial charge in [0.2, 0.25) is 5.88 Å². The predicted molar refractivity (Wildman–Crippen MR) is 104 cm³/mol. The second-order valence-electron chi connectivity index (χ2n) is 6.83. The van der Waals surface area contributed by atoms with Crippen molar-refractivity contribution in [2.45, 2.75) is 33.0 Å². The molecule has 0 bridgehead atoms. The van der Waals surface area contributed by atoms with Gasteiger partial charge in [-0.1, -0.05) is 11.2 Å². The molecule has 146 valence electrons. The number of nitrogens with zero attached hydrogens (tertiary/aromatic N) is 5. The standard InChI is InChI=1S/C19H28N6O2/c1-15(2)27-18-5-4-16(12-21-18)13-22-19(20-3)25-9-7-24(8-10-25)14-17-6-11-26-23-17/h4-6,11-12,15H,7-10,13-14H2,1-3H3,(H,20,22). The van der Waals surface area contributed by atoms with E-state index in [1.165, 1.54) is 0 Å². The van der Waals surface area contributed by atoms with Crippen LogP contribution in [0.15, 0.2) is 40.2 Å². The number of aromatic nitrogens is 2. The van der Waals surface area contributed by atoms with Gasteiger partial charge in [0.25, 0.3) is 0 Å². The van der Waals surface area contributed by atoms with Crippen LogP contribution in [0.4, 0.5) is 0 Å². The molecule has 2 aromatic rings. The van der Waals surface area contributed by atoms with Gasteiger partial charge in [-0.05, 0) is 19.4 Å². The zero-order chi connectivity index (χ0) is 19.1. The summed E-state index contributed by atoms with van der Waals surface area (Å²) in [6, 6.07) is 5.85. The Labute approximate surface area is 160 Å². The molecular formula is C19H28N6O2. The molecule has 0 aromatic carbocycles. The number of guanidine groups is 1. The van der Waals surface area contributed by atoms with Gasteiger partial charge < -0.3 is 19.5 Å². The third kappa shape index (κ3) is 5.68. The van der Waals surface area contributed by atoms with Crippen LogP contribution in [0.3, 0.4) is 0 Å². The molecule has 0 atom stereocenters. The van der Waals surface area contributed by atoms with Crippen molar-refractivity contribution in [2.75, 3.05) is 33.2 Å². The van der Waals surface area contributed by atoms with Crippen LogP contribution in [0, 0.1) is 0 Å². The fourth-order valence-corrected chi connectivity index (χ4v) is 3.01. The summed E-state index contributed by atoms with van der Waals surface area (Å²) in [4.78, 5) is 13.4. The van der Waals surface area contributed by atoms with Gasteiger partial charge in [0.15, 0.2) is 5.96 Å². The summed E-state index contributed by atoms with van der Waals surface area (Å²) >= 11 is 0. The smallest absolute Gasteiger partial charge is 0.213 e. The summed E-state index contributed by atoms with van der Waals surface area (Å²) in [5.74, 6) is 1.57. The topological polar surface area (TPSA) is 79.0 Å². The monoisotopic (exact) mass is 372 g/mol. The van der Waals surface area contributed by atoms with Gasteiger partial charge in [0.1, 0.15) is 6.26 Å². The van der Waals surface area contributed by atoms with E-state index in [4.69, 9.17) is 9.26 Å². The van der Waals surface area contributed by atoms with Crippen LogP contribution in [-0.4, -0.2) is 65.2 Å². The third-order valence-corrected chi connectivity index (χ3v) is 4.37. The number of nitrogens with one attached hydrogen (secondary N) is 1. The van der Waals surface area contributed by atoms with Crippen LogP contribution in [0.25, 0.3) is 0 Å². The molecule has 0 aliphatic carbocycles. The van der Waals surface area contributed by atoms with Gasteiger partial charge in [0, 0.05) is 64.6 Å². The van der Waals surface area contributed by atoms with Crippen molar-refractivity contribution in [2.24, 2.45) is 4.99 Å². The Morgan fingerprint density at radius 3 is 2.67 bits per heavy atom. The number of rotatable bonds is 6. The molecule has 0 spiro atoms. The summed E-state index contributed by atoms with van der Waals surface area (Å²) in [6.45, 7) is 9.29.